The first-order valence-corrected chi connectivity index (χ1v) is 9.02. The average molecular weight is 360 g/mol. The van der Waals surface area contributed by atoms with Crippen molar-refractivity contribution in [2.24, 2.45) is 0 Å². The van der Waals surface area contributed by atoms with Gasteiger partial charge in [0.25, 0.3) is 5.91 Å². The van der Waals surface area contributed by atoms with Crippen LogP contribution in [0.15, 0.2) is 65.2 Å². The Kier molecular flexibility index (Phi) is 4.59. The van der Waals surface area contributed by atoms with Crippen molar-refractivity contribution in [2.45, 2.75) is 25.8 Å². The topological polar surface area (TPSA) is 63.4 Å². The first kappa shape index (κ1) is 17.2. The van der Waals surface area contributed by atoms with E-state index in [1.807, 2.05) is 36.4 Å². The third kappa shape index (κ3) is 3.28. The zero-order valence-electron chi connectivity index (χ0n) is 15.1. The minimum absolute atomic E-state index is 0.0905. The molecule has 2 heterocycles. The summed E-state index contributed by atoms with van der Waals surface area (Å²) in [6, 6.07) is 20.3. The molecule has 0 N–H and O–H groups in total. The molecule has 0 saturated heterocycles. The van der Waals surface area contributed by atoms with Crippen molar-refractivity contribution in [3.8, 4) is 0 Å². The van der Waals surface area contributed by atoms with E-state index in [0.717, 1.165) is 28.1 Å². The second-order valence-electron chi connectivity index (χ2n) is 6.76. The molecule has 5 nitrogen and oxygen atoms in total. The zero-order valence-corrected chi connectivity index (χ0v) is 15.1. The Morgan fingerprint density at radius 2 is 1.59 bits per heavy atom. The number of carbonyl (C=O) groups is 2. The number of rotatable bonds is 4. The van der Waals surface area contributed by atoms with Gasteiger partial charge < -0.3 is 9.42 Å². The molecule has 136 valence electrons. The maximum atomic E-state index is 12.2. The zero-order chi connectivity index (χ0) is 18.8. The van der Waals surface area contributed by atoms with E-state index in [1.165, 1.54) is 6.92 Å². The van der Waals surface area contributed by atoms with Crippen LogP contribution in [-0.2, 0) is 22.6 Å². The molecule has 0 radical (unpaired) electrons. The standard InChI is InChI=1S/C22H20N2O3/c1-15(25)22(26)24-13-12-19-18(14-24)21(23-27-19)20(16-8-4-2-5-9-16)17-10-6-3-7-11-17/h2-11,20H,12-14H2,1H3. The first-order valence-electron chi connectivity index (χ1n) is 9.02. The quantitative estimate of drug-likeness (QED) is 0.670. The van der Waals surface area contributed by atoms with Gasteiger partial charge in [-0.2, -0.15) is 0 Å². The van der Waals surface area contributed by atoms with Crippen LogP contribution >= 0.6 is 0 Å². The number of fused-ring (bicyclic) bond motifs is 1. The van der Waals surface area contributed by atoms with Gasteiger partial charge in [0.05, 0.1) is 12.5 Å². The fourth-order valence-electron chi connectivity index (χ4n) is 3.65. The monoisotopic (exact) mass is 360 g/mol. The van der Waals surface area contributed by atoms with Gasteiger partial charge in [0.1, 0.15) is 11.5 Å². The minimum Gasteiger partial charge on any atom is -0.361 e. The summed E-state index contributed by atoms with van der Waals surface area (Å²) < 4.78 is 5.63. The van der Waals surface area contributed by atoms with Crippen LogP contribution < -0.4 is 0 Å². The number of hydrogen-bond acceptors (Lipinski definition) is 4. The van der Waals surface area contributed by atoms with E-state index in [9.17, 15) is 9.59 Å². The smallest absolute Gasteiger partial charge is 0.289 e. The van der Waals surface area contributed by atoms with E-state index in [4.69, 9.17) is 4.52 Å². The lowest BCUT2D eigenvalue weighted by Crippen LogP contribution is -2.39. The molecule has 1 aliphatic heterocycles. The maximum Gasteiger partial charge on any atom is 0.289 e. The van der Waals surface area contributed by atoms with Crippen molar-refractivity contribution in [1.29, 1.82) is 0 Å². The molecule has 2 aromatic carbocycles. The van der Waals surface area contributed by atoms with Crippen LogP contribution in [0.25, 0.3) is 0 Å². The van der Waals surface area contributed by atoms with Gasteiger partial charge in [-0.05, 0) is 11.1 Å². The molecule has 0 fully saturated rings. The molecule has 27 heavy (non-hydrogen) atoms. The summed E-state index contributed by atoms with van der Waals surface area (Å²) in [4.78, 5) is 25.3. The lowest BCUT2D eigenvalue weighted by molar-refractivity contribution is -0.144. The first-order chi connectivity index (χ1) is 13.1. The molecule has 0 atom stereocenters. The molecule has 1 amide bonds. The molecule has 1 aliphatic rings. The van der Waals surface area contributed by atoms with Crippen molar-refractivity contribution in [3.05, 3.63) is 88.8 Å². The number of aromatic nitrogens is 1. The van der Waals surface area contributed by atoms with Gasteiger partial charge in [0, 0.05) is 25.5 Å². The van der Waals surface area contributed by atoms with Crippen LogP contribution in [0.3, 0.4) is 0 Å². The van der Waals surface area contributed by atoms with Crippen LogP contribution in [0.2, 0.25) is 0 Å². The van der Waals surface area contributed by atoms with Crippen LogP contribution in [0.1, 0.15) is 41.0 Å². The van der Waals surface area contributed by atoms with Crippen LogP contribution in [0, 0.1) is 0 Å². The fraction of sp³-hybridized carbons (Fsp3) is 0.227. The van der Waals surface area contributed by atoms with Gasteiger partial charge >= 0.3 is 0 Å². The lowest BCUT2D eigenvalue weighted by Gasteiger charge is -2.26. The van der Waals surface area contributed by atoms with E-state index in [1.54, 1.807) is 4.90 Å². The number of hydrogen-bond donors (Lipinski definition) is 0. The summed E-state index contributed by atoms with van der Waals surface area (Å²) in [6.07, 6.45) is 0.567. The highest BCUT2D eigenvalue weighted by Gasteiger charge is 2.32. The summed E-state index contributed by atoms with van der Waals surface area (Å²) in [7, 11) is 0. The molecule has 0 bridgehead atoms. The van der Waals surface area contributed by atoms with E-state index in [0.29, 0.717) is 19.5 Å². The van der Waals surface area contributed by atoms with E-state index in [2.05, 4.69) is 29.4 Å². The Balaban J connectivity index is 1.78. The number of amides is 1. The SMILES string of the molecule is CC(=O)C(=O)N1CCc2onc(C(c3ccccc3)c3ccccc3)c2C1. The minimum atomic E-state index is -0.455. The lowest BCUT2D eigenvalue weighted by atomic mass is 9.85. The summed E-state index contributed by atoms with van der Waals surface area (Å²) in [5.74, 6) is -0.190. The molecule has 0 unspecified atom stereocenters. The van der Waals surface area contributed by atoms with Crippen LogP contribution in [0.5, 0.6) is 0 Å². The van der Waals surface area contributed by atoms with Crippen molar-refractivity contribution in [1.82, 2.24) is 10.1 Å². The van der Waals surface area contributed by atoms with Gasteiger partial charge in [-0.1, -0.05) is 65.8 Å². The number of carbonyl (C=O) groups excluding carboxylic acids is 2. The average Bonchev–Trinajstić information content (AvgIpc) is 3.12. The summed E-state index contributed by atoms with van der Waals surface area (Å²) in [6.45, 7) is 2.13. The Morgan fingerprint density at radius 1 is 1.00 bits per heavy atom. The van der Waals surface area contributed by atoms with Gasteiger partial charge in [-0.25, -0.2) is 0 Å². The van der Waals surface area contributed by atoms with Crippen molar-refractivity contribution in [3.63, 3.8) is 0 Å². The Labute approximate surface area is 157 Å². The number of nitrogens with zero attached hydrogens (tertiary/aromatic N) is 2. The summed E-state index contributed by atoms with van der Waals surface area (Å²) in [5.41, 5.74) is 3.93. The number of benzene rings is 2. The van der Waals surface area contributed by atoms with E-state index in [-0.39, 0.29) is 5.92 Å². The predicted molar refractivity (Wildman–Crippen MR) is 100 cm³/mol. The molecule has 5 heteroatoms. The molecule has 1 aromatic heterocycles. The third-order valence-corrected chi connectivity index (χ3v) is 4.99. The molecular weight excluding hydrogens is 340 g/mol. The molecule has 4 rings (SSSR count). The van der Waals surface area contributed by atoms with Gasteiger partial charge in [0.15, 0.2) is 0 Å². The van der Waals surface area contributed by atoms with E-state index >= 15 is 0 Å². The number of Topliss-reactive ketones (excluding diaryl/α,β-unsaturated/α-hetero) is 1. The molecule has 0 aliphatic carbocycles. The van der Waals surface area contributed by atoms with E-state index < -0.39 is 11.7 Å². The summed E-state index contributed by atoms with van der Waals surface area (Å²) in [5, 5.41) is 4.39. The van der Waals surface area contributed by atoms with Gasteiger partial charge in [-0.3, -0.25) is 9.59 Å². The highest BCUT2D eigenvalue weighted by Crippen LogP contribution is 2.36. The second-order valence-corrected chi connectivity index (χ2v) is 6.76. The number of ketones is 1. The third-order valence-electron chi connectivity index (χ3n) is 4.99. The molecule has 0 saturated carbocycles. The fourth-order valence-corrected chi connectivity index (χ4v) is 3.65. The van der Waals surface area contributed by atoms with Crippen molar-refractivity contribution in [2.75, 3.05) is 6.54 Å². The van der Waals surface area contributed by atoms with Crippen molar-refractivity contribution >= 4 is 11.7 Å². The Hall–Kier alpha value is -3.21. The van der Waals surface area contributed by atoms with Crippen LogP contribution in [-0.4, -0.2) is 28.3 Å². The summed E-state index contributed by atoms with van der Waals surface area (Å²) >= 11 is 0. The Bertz CT molecular complexity index is 924. The second kappa shape index (κ2) is 7.19. The highest BCUT2D eigenvalue weighted by atomic mass is 16.5. The normalized spacial score (nSPS) is 13.5. The molecule has 3 aromatic rings. The molecule has 0 spiro atoms. The largest absolute Gasteiger partial charge is 0.361 e. The highest BCUT2D eigenvalue weighted by molar-refractivity contribution is 6.35. The van der Waals surface area contributed by atoms with Crippen LogP contribution in [0.4, 0.5) is 0 Å². The predicted octanol–water partition coefficient (Wildman–Crippen LogP) is 3.33. The van der Waals surface area contributed by atoms with Gasteiger partial charge in [0.2, 0.25) is 5.78 Å². The van der Waals surface area contributed by atoms with Crippen molar-refractivity contribution < 1.29 is 14.1 Å². The maximum absolute atomic E-state index is 12.2. The molecular formula is C22H20N2O3. The Morgan fingerprint density at radius 3 is 2.15 bits per heavy atom. The van der Waals surface area contributed by atoms with Gasteiger partial charge in [-0.15, -0.1) is 0 Å².